The summed E-state index contributed by atoms with van der Waals surface area (Å²) in [6.45, 7) is 2.39. The van der Waals surface area contributed by atoms with E-state index < -0.39 is 11.9 Å². The Hall–Kier alpha value is -3.22. The minimum Gasteiger partial charge on any atom is -0.508 e. The number of nitrogens with two attached hydrogens (primary N) is 1. The van der Waals surface area contributed by atoms with Gasteiger partial charge in [0.15, 0.2) is 0 Å². The third kappa shape index (κ3) is 5.58. The summed E-state index contributed by atoms with van der Waals surface area (Å²) in [5, 5.41) is 26.1. The van der Waals surface area contributed by atoms with Gasteiger partial charge in [-0.25, -0.2) is 4.79 Å². The highest BCUT2D eigenvalue weighted by molar-refractivity contribution is 5.95. The van der Waals surface area contributed by atoms with Crippen molar-refractivity contribution >= 4 is 11.9 Å². The van der Waals surface area contributed by atoms with Gasteiger partial charge in [-0.05, 0) is 31.2 Å². The third-order valence-electron chi connectivity index (χ3n) is 2.60. The molecule has 0 unspecified atom stereocenters. The highest BCUT2D eigenvalue weighted by atomic mass is 16.5. The number of benzene rings is 2. The standard InChI is InChI=1S/C9H11NO2.C7H6O4/c1-2-12-8-6-4-3-5-7(8)9(10)11;8-5-1-4(7(10)11)2-6(9)3-5/h3-6H,2H2,1H3,(H2,10,11);1-3,8-9H,(H,10,11). The van der Waals surface area contributed by atoms with Crippen LogP contribution < -0.4 is 10.5 Å². The van der Waals surface area contributed by atoms with Crippen LogP contribution >= 0.6 is 0 Å². The van der Waals surface area contributed by atoms with Crippen LogP contribution in [0.1, 0.15) is 27.6 Å². The molecule has 0 aliphatic carbocycles. The Labute approximate surface area is 132 Å². The molecule has 7 heteroatoms. The van der Waals surface area contributed by atoms with Gasteiger partial charge in [0, 0.05) is 6.07 Å². The quantitative estimate of drug-likeness (QED) is 0.681. The van der Waals surface area contributed by atoms with E-state index in [9.17, 15) is 9.59 Å². The number of carboxylic acid groups (broad SMARTS) is 1. The average molecular weight is 319 g/mol. The van der Waals surface area contributed by atoms with Gasteiger partial charge in [-0.15, -0.1) is 0 Å². The summed E-state index contributed by atoms with van der Waals surface area (Å²) in [6, 6.07) is 10.1. The second-order valence-corrected chi connectivity index (χ2v) is 4.34. The molecule has 5 N–H and O–H groups in total. The maximum atomic E-state index is 10.8. The van der Waals surface area contributed by atoms with Gasteiger partial charge in [0.1, 0.15) is 17.2 Å². The summed E-state index contributed by atoms with van der Waals surface area (Å²) in [5.74, 6) is -1.62. The van der Waals surface area contributed by atoms with Crippen LogP contribution in [0.3, 0.4) is 0 Å². The number of carbonyl (C=O) groups excluding carboxylic acids is 1. The Balaban J connectivity index is 0.000000231. The predicted molar refractivity (Wildman–Crippen MR) is 82.9 cm³/mol. The van der Waals surface area contributed by atoms with Gasteiger partial charge in [-0.2, -0.15) is 0 Å². The van der Waals surface area contributed by atoms with Gasteiger partial charge in [-0.1, -0.05) is 12.1 Å². The van der Waals surface area contributed by atoms with E-state index in [4.69, 9.17) is 25.8 Å². The zero-order valence-electron chi connectivity index (χ0n) is 12.4. The van der Waals surface area contributed by atoms with Crippen molar-refractivity contribution in [2.75, 3.05) is 6.61 Å². The number of hydrogen-bond acceptors (Lipinski definition) is 5. The summed E-state index contributed by atoms with van der Waals surface area (Å²) < 4.78 is 5.20. The zero-order chi connectivity index (χ0) is 17.4. The Kier molecular flexibility index (Phi) is 6.42. The first kappa shape index (κ1) is 17.8. The lowest BCUT2D eigenvalue weighted by atomic mass is 10.2. The van der Waals surface area contributed by atoms with Crippen molar-refractivity contribution in [2.45, 2.75) is 6.92 Å². The molecule has 7 nitrogen and oxygen atoms in total. The highest BCUT2D eigenvalue weighted by Crippen LogP contribution is 2.20. The van der Waals surface area contributed by atoms with Crippen molar-refractivity contribution in [1.82, 2.24) is 0 Å². The van der Waals surface area contributed by atoms with E-state index in [0.717, 1.165) is 18.2 Å². The van der Waals surface area contributed by atoms with Crippen molar-refractivity contribution in [3.05, 3.63) is 53.6 Å². The minimum absolute atomic E-state index is 0.137. The van der Waals surface area contributed by atoms with Gasteiger partial charge < -0.3 is 25.8 Å². The van der Waals surface area contributed by atoms with Crippen molar-refractivity contribution in [3.8, 4) is 17.2 Å². The lowest BCUT2D eigenvalue weighted by Crippen LogP contribution is -2.12. The highest BCUT2D eigenvalue weighted by Gasteiger charge is 2.06. The van der Waals surface area contributed by atoms with Gasteiger partial charge in [0.05, 0.1) is 17.7 Å². The van der Waals surface area contributed by atoms with Crippen LogP contribution in [-0.2, 0) is 0 Å². The van der Waals surface area contributed by atoms with Crippen LogP contribution in [0.2, 0.25) is 0 Å². The van der Waals surface area contributed by atoms with E-state index >= 15 is 0 Å². The largest absolute Gasteiger partial charge is 0.508 e. The maximum absolute atomic E-state index is 10.8. The molecule has 122 valence electrons. The number of aromatic carboxylic acids is 1. The number of phenols is 2. The Bertz CT molecular complexity index is 678. The van der Waals surface area contributed by atoms with Crippen LogP contribution in [0.5, 0.6) is 17.2 Å². The van der Waals surface area contributed by atoms with Gasteiger partial charge >= 0.3 is 5.97 Å². The summed E-state index contributed by atoms with van der Waals surface area (Å²) in [6.07, 6.45) is 0. The number of amides is 1. The van der Waals surface area contributed by atoms with E-state index in [1.165, 1.54) is 0 Å². The Morgan fingerprint density at radius 3 is 2.13 bits per heavy atom. The fraction of sp³-hybridized carbons (Fsp3) is 0.125. The molecule has 0 saturated carbocycles. The Morgan fingerprint density at radius 1 is 1.09 bits per heavy atom. The molecule has 0 bridgehead atoms. The number of phenolic OH excluding ortho intramolecular Hbond substituents is 2. The first-order valence-electron chi connectivity index (χ1n) is 6.63. The predicted octanol–water partition coefficient (Wildman–Crippen LogP) is 1.98. The molecule has 0 aromatic heterocycles. The van der Waals surface area contributed by atoms with Crippen molar-refractivity contribution in [1.29, 1.82) is 0 Å². The summed E-state index contributed by atoms with van der Waals surface area (Å²) in [4.78, 5) is 21.1. The van der Waals surface area contributed by atoms with Crippen molar-refractivity contribution in [2.24, 2.45) is 5.73 Å². The van der Waals surface area contributed by atoms with Crippen molar-refractivity contribution in [3.63, 3.8) is 0 Å². The third-order valence-corrected chi connectivity index (χ3v) is 2.60. The van der Waals surface area contributed by atoms with Crippen LogP contribution in [0.15, 0.2) is 42.5 Å². The van der Waals surface area contributed by atoms with E-state index in [2.05, 4.69) is 0 Å². The maximum Gasteiger partial charge on any atom is 0.335 e. The molecular weight excluding hydrogens is 302 g/mol. The molecular formula is C16H17NO6. The molecule has 0 heterocycles. The lowest BCUT2D eigenvalue weighted by Gasteiger charge is -2.05. The monoisotopic (exact) mass is 319 g/mol. The molecule has 0 fully saturated rings. The molecule has 2 rings (SSSR count). The topological polar surface area (TPSA) is 130 Å². The fourth-order valence-corrected chi connectivity index (χ4v) is 1.67. The first-order chi connectivity index (χ1) is 10.8. The number of carbonyl (C=O) groups is 2. The Morgan fingerprint density at radius 2 is 1.65 bits per heavy atom. The molecule has 23 heavy (non-hydrogen) atoms. The number of primary amides is 1. The number of carboxylic acids is 1. The fourth-order valence-electron chi connectivity index (χ4n) is 1.67. The molecule has 0 radical (unpaired) electrons. The summed E-state index contributed by atoms with van der Waals surface area (Å²) in [7, 11) is 0. The van der Waals surface area contributed by atoms with E-state index in [1.54, 1.807) is 24.3 Å². The second kappa shape index (κ2) is 8.28. The molecule has 1 amide bonds. The van der Waals surface area contributed by atoms with Gasteiger partial charge in [0.2, 0.25) is 0 Å². The number of hydrogen-bond donors (Lipinski definition) is 4. The van der Waals surface area contributed by atoms with E-state index in [1.807, 2.05) is 6.92 Å². The average Bonchev–Trinajstić information content (AvgIpc) is 2.47. The lowest BCUT2D eigenvalue weighted by molar-refractivity contribution is 0.0695. The van der Waals surface area contributed by atoms with Crippen molar-refractivity contribution < 1.29 is 29.6 Å². The normalized spacial score (nSPS) is 9.43. The number of aromatic hydroxyl groups is 2. The number of ether oxygens (including phenoxy) is 1. The summed E-state index contributed by atoms with van der Waals surface area (Å²) in [5.41, 5.74) is 5.42. The molecule has 0 spiro atoms. The first-order valence-corrected chi connectivity index (χ1v) is 6.63. The molecule has 0 aliphatic heterocycles. The smallest absolute Gasteiger partial charge is 0.335 e. The van der Waals surface area contributed by atoms with Gasteiger partial charge in [-0.3, -0.25) is 4.79 Å². The molecule has 2 aromatic rings. The zero-order valence-corrected chi connectivity index (χ0v) is 12.4. The van der Waals surface area contributed by atoms with E-state index in [0.29, 0.717) is 17.9 Å². The van der Waals surface area contributed by atoms with E-state index in [-0.39, 0.29) is 17.1 Å². The van der Waals surface area contributed by atoms with Crippen LogP contribution in [0, 0.1) is 0 Å². The van der Waals surface area contributed by atoms with Crippen LogP contribution in [-0.4, -0.2) is 33.8 Å². The molecule has 0 atom stereocenters. The van der Waals surface area contributed by atoms with Gasteiger partial charge in [0.25, 0.3) is 5.91 Å². The number of rotatable bonds is 4. The SMILES string of the molecule is CCOc1ccccc1C(N)=O.O=C(O)c1cc(O)cc(O)c1. The van der Waals surface area contributed by atoms with Crippen LogP contribution in [0.4, 0.5) is 0 Å². The molecule has 2 aromatic carbocycles. The second-order valence-electron chi connectivity index (χ2n) is 4.34. The molecule has 0 aliphatic rings. The summed E-state index contributed by atoms with van der Waals surface area (Å²) >= 11 is 0. The minimum atomic E-state index is -1.18. The van der Waals surface area contributed by atoms with Crippen LogP contribution in [0.25, 0.3) is 0 Å². The number of para-hydroxylation sites is 1. The molecule has 0 saturated heterocycles.